The van der Waals surface area contributed by atoms with E-state index in [2.05, 4.69) is 26.1 Å². The van der Waals surface area contributed by atoms with Crippen LogP contribution in [0.3, 0.4) is 0 Å². The van der Waals surface area contributed by atoms with E-state index < -0.39 is 47.0 Å². The van der Waals surface area contributed by atoms with Gasteiger partial charge >= 0.3 is 5.97 Å². The van der Waals surface area contributed by atoms with Gasteiger partial charge in [0.05, 0.1) is 11.6 Å². The maximum atomic E-state index is 13.7. The monoisotopic (exact) mass is 454 g/mol. The van der Waals surface area contributed by atoms with Gasteiger partial charge in [0.2, 0.25) is 17.7 Å². The number of rotatable bonds is 3. The van der Waals surface area contributed by atoms with Crippen LogP contribution in [0.4, 0.5) is 5.69 Å². The molecule has 7 heteroatoms. The number of nitrogens with one attached hydrogen (secondary N) is 1. The van der Waals surface area contributed by atoms with Gasteiger partial charge < -0.3 is 10.4 Å². The lowest BCUT2D eigenvalue weighted by atomic mass is 9.82. The minimum Gasteiger partial charge on any atom is -0.481 e. The molecule has 33 heavy (non-hydrogen) atoms. The highest BCUT2D eigenvalue weighted by atomic mass is 16.4. The SMILES string of the molecule is CC(C)(C)NC(=O)C1CC(C(=O)O)C2C3CC(C(=O)N(c4cccc(C(C)(C)C)c4)C3=O)C12. The van der Waals surface area contributed by atoms with E-state index in [0.717, 1.165) is 5.56 Å². The number of imide groups is 1. The van der Waals surface area contributed by atoms with Crippen molar-refractivity contribution in [3.8, 4) is 0 Å². The van der Waals surface area contributed by atoms with Crippen molar-refractivity contribution < 1.29 is 24.3 Å². The van der Waals surface area contributed by atoms with Crippen LogP contribution in [-0.2, 0) is 24.6 Å². The van der Waals surface area contributed by atoms with Crippen molar-refractivity contribution in [2.24, 2.45) is 35.5 Å². The van der Waals surface area contributed by atoms with Crippen LogP contribution in [0.2, 0.25) is 0 Å². The zero-order valence-corrected chi connectivity index (χ0v) is 20.2. The van der Waals surface area contributed by atoms with Crippen LogP contribution in [0.25, 0.3) is 0 Å². The number of anilines is 1. The normalized spacial score (nSPS) is 31.5. The van der Waals surface area contributed by atoms with Crippen molar-refractivity contribution in [1.82, 2.24) is 5.32 Å². The van der Waals surface area contributed by atoms with Gasteiger partial charge in [0, 0.05) is 23.3 Å². The van der Waals surface area contributed by atoms with Crippen molar-refractivity contribution in [2.75, 3.05) is 4.90 Å². The number of carbonyl (C=O) groups is 4. The van der Waals surface area contributed by atoms with Crippen LogP contribution >= 0.6 is 0 Å². The van der Waals surface area contributed by atoms with Gasteiger partial charge in [-0.1, -0.05) is 32.9 Å². The van der Waals surface area contributed by atoms with Crippen LogP contribution in [-0.4, -0.2) is 34.3 Å². The highest BCUT2D eigenvalue weighted by Gasteiger charge is 2.65. The van der Waals surface area contributed by atoms with Crippen molar-refractivity contribution in [3.05, 3.63) is 29.8 Å². The van der Waals surface area contributed by atoms with E-state index in [1.54, 1.807) is 6.07 Å². The molecule has 3 fully saturated rings. The summed E-state index contributed by atoms with van der Waals surface area (Å²) in [4.78, 5) is 53.8. The maximum absolute atomic E-state index is 13.7. The molecule has 2 aliphatic carbocycles. The second-order valence-electron chi connectivity index (χ2n) is 11.9. The number of amides is 3. The van der Waals surface area contributed by atoms with Gasteiger partial charge in [0.1, 0.15) is 0 Å². The van der Waals surface area contributed by atoms with E-state index in [1.807, 2.05) is 39.0 Å². The van der Waals surface area contributed by atoms with Crippen molar-refractivity contribution >= 4 is 29.4 Å². The molecule has 0 spiro atoms. The minimum absolute atomic E-state index is 0.155. The molecule has 0 aromatic heterocycles. The molecule has 4 rings (SSSR count). The Morgan fingerprint density at radius 1 is 0.939 bits per heavy atom. The summed E-state index contributed by atoms with van der Waals surface area (Å²) in [5.41, 5.74) is 0.901. The number of aliphatic carboxylic acids is 1. The molecule has 7 nitrogen and oxygen atoms in total. The number of carbonyl (C=O) groups excluding carboxylic acids is 3. The topological polar surface area (TPSA) is 104 Å². The summed E-state index contributed by atoms with van der Waals surface area (Å²) in [6.45, 7) is 11.8. The van der Waals surface area contributed by atoms with Gasteiger partial charge in [0.15, 0.2) is 0 Å². The Balaban J connectivity index is 1.73. The molecule has 6 unspecified atom stereocenters. The summed E-state index contributed by atoms with van der Waals surface area (Å²) >= 11 is 0. The third-order valence-electron chi connectivity index (χ3n) is 7.52. The maximum Gasteiger partial charge on any atom is 0.306 e. The summed E-state index contributed by atoms with van der Waals surface area (Å²) in [5, 5.41) is 12.9. The molecular formula is C26H34N2O5. The number of piperidine rings is 1. The fourth-order valence-electron chi connectivity index (χ4n) is 6.16. The van der Waals surface area contributed by atoms with Crippen molar-refractivity contribution in [1.29, 1.82) is 0 Å². The van der Waals surface area contributed by atoms with Crippen LogP contribution in [0, 0.1) is 35.5 Å². The number of hydrogen-bond acceptors (Lipinski definition) is 4. The largest absolute Gasteiger partial charge is 0.481 e. The van der Waals surface area contributed by atoms with E-state index in [9.17, 15) is 24.3 Å². The standard InChI is InChI=1S/C26H34N2O5/c1-25(2,3)13-8-7-9-14(10-13)28-22(30)16-12-17(23(28)31)20-18(24(32)33)11-15(19(16)20)21(29)27-26(4,5)6/h7-10,15-20H,11-12H2,1-6H3,(H,27,29)(H,32,33). The Bertz CT molecular complexity index is 1020. The molecule has 3 amide bonds. The highest BCUT2D eigenvalue weighted by Crippen LogP contribution is 2.59. The second kappa shape index (κ2) is 7.67. The molecule has 2 bridgehead atoms. The lowest BCUT2D eigenvalue weighted by molar-refractivity contribution is -0.144. The highest BCUT2D eigenvalue weighted by molar-refractivity contribution is 6.19. The first-order chi connectivity index (χ1) is 15.2. The Hall–Kier alpha value is -2.70. The summed E-state index contributed by atoms with van der Waals surface area (Å²) in [7, 11) is 0. The predicted molar refractivity (Wildman–Crippen MR) is 123 cm³/mol. The third kappa shape index (κ3) is 3.96. The molecule has 2 saturated carbocycles. The average molecular weight is 455 g/mol. The first kappa shape index (κ1) is 23.5. The number of carboxylic acid groups (broad SMARTS) is 1. The Kier molecular flexibility index (Phi) is 5.45. The van der Waals surface area contributed by atoms with Crippen LogP contribution < -0.4 is 10.2 Å². The molecule has 3 aliphatic rings. The molecule has 2 N–H and O–H groups in total. The van der Waals surface area contributed by atoms with Gasteiger partial charge in [-0.25, -0.2) is 0 Å². The average Bonchev–Trinajstić information content (AvgIpc) is 3.22. The zero-order valence-electron chi connectivity index (χ0n) is 20.2. The van der Waals surface area contributed by atoms with Crippen LogP contribution in [0.1, 0.15) is 59.9 Å². The summed E-state index contributed by atoms with van der Waals surface area (Å²) in [5.74, 6) is -5.31. The van der Waals surface area contributed by atoms with Crippen LogP contribution in [0.5, 0.6) is 0 Å². The summed E-state index contributed by atoms with van der Waals surface area (Å²) in [6, 6.07) is 7.44. The molecule has 1 aromatic carbocycles. The number of carboxylic acids is 1. The molecule has 178 valence electrons. The van der Waals surface area contributed by atoms with Gasteiger partial charge in [-0.05, 0) is 68.6 Å². The number of fused-ring (bicyclic) bond motifs is 5. The molecule has 0 radical (unpaired) electrons. The van der Waals surface area contributed by atoms with E-state index in [4.69, 9.17) is 0 Å². The van der Waals surface area contributed by atoms with E-state index in [1.165, 1.54) is 4.90 Å². The number of benzene rings is 1. The van der Waals surface area contributed by atoms with Crippen LogP contribution in [0.15, 0.2) is 24.3 Å². The third-order valence-corrected chi connectivity index (χ3v) is 7.52. The first-order valence-corrected chi connectivity index (χ1v) is 11.7. The van der Waals surface area contributed by atoms with Crippen molar-refractivity contribution in [3.63, 3.8) is 0 Å². The number of nitrogens with zero attached hydrogens (tertiary/aromatic N) is 1. The lowest BCUT2D eigenvalue weighted by Gasteiger charge is -2.33. The van der Waals surface area contributed by atoms with E-state index >= 15 is 0 Å². The fraction of sp³-hybridized carbons (Fsp3) is 0.615. The zero-order chi connectivity index (χ0) is 24.5. The summed E-state index contributed by atoms with van der Waals surface area (Å²) < 4.78 is 0. The second-order valence-corrected chi connectivity index (χ2v) is 11.9. The Morgan fingerprint density at radius 2 is 1.52 bits per heavy atom. The van der Waals surface area contributed by atoms with Crippen molar-refractivity contribution in [2.45, 2.75) is 65.3 Å². The molecular weight excluding hydrogens is 420 g/mol. The fourth-order valence-corrected chi connectivity index (χ4v) is 6.16. The Morgan fingerprint density at radius 3 is 2.03 bits per heavy atom. The minimum atomic E-state index is -0.995. The van der Waals surface area contributed by atoms with Gasteiger partial charge in [0.25, 0.3) is 0 Å². The molecule has 1 aliphatic heterocycles. The molecule has 1 saturated heterocycles. The molecule has 1 aromatic rings. The lowest BCUT2D eigenvalue weighted by Crippen LogP contribution is -2.49. The van der Waals surface area contributed by atoms with Gasteiger partial charge in [-0.3, -0.25) is 24.1 Å². The first-order valence-electron chi connectivity index (χ1n) is 11.7. The smallest absolute Gasteiger partial charge is 0.306 e. The number of hydrogen-bond donors (Lipinski definition) is 2. The molecule has 6 atom stereocenters. The summed E-state index contributed by atoms with van der Waals surface area (Å²) in [6.07, 6.45) is 0.491. The molecule has 1 heterocycles. The van der Waals surface area contributed by atoms with Gasteiger partial charge in [-0.15, -0.1) is 0 Å². The quantitative estimate of drug-likeness (QED) is 0.682. The van der Waals surface area contributed by atoms with E-state index in [-0.39, 0.29) is 29.6 Å². The van der Waals surface area contributed by atoms with E-state index in [0.29, 0.717) is 12.1 Å². The Labute approximate surface area is 194 Å². The van der Waals surface area contributed by atoms with Gasteiger partial charge in [-0.2, -0.15) is 0 Å². The predicted octanol–water partition coefficient (Wildman–Crippen LogP) is 3.36.